The van der Waals surface area contributed by atoms with E-state index >= 15 is 0 Å². The topological polar surface area (TPSA) is 113 Å². The van der Waals surface area contributed by atoms with E-state index in [-0.39, 0.29) is 0 Å². The highest BCUT2D eigenvalue weighted by Gasteiger charge is 2.33. The maximum absolute atomic E-state index is 9.51. The lowest BCUT2D eigenvalue weighted by atomic mass is 9.94. The first kappa shape index (κ1) is 20.5. The Labute approximate surface area is 133 Å². The summed E-state index contributed by atoms with van der Waals surface area (Å²) in [7, 11) is 0. The highest BCUT2D eigenvalue weighted by molar-refractivity contribution is 5.10. The Bertz CT molecular complexity index is 375. The van der Waals surface area contributed by atoms with Crippen LogP contribution in [0.15, 0.2) is 10.2 Å². The average molecular weight is 308 g/mol. The van der Waals surface area contributed by atoms with Gasteiger partial charge in [0.1, 0.15) is 0 Å². The highest BCUT2D eigenvalue weighted by Crippen LogP contribution is 2.25. The summed E-state index contributed by atoms with van der Waals surface area (Å²) >= 11 is 0. The van der Waals surface area contributed by atoms with Crippen molar-refractivity contribution >= 4 is 0 Å². The van der Waals surface area contributed by atoms with Crippen molar-refractivity contribution in [3.05, 3.63) is 0 Å². The van der Waals surface area contributed by atoms with Crippen molar-refractivity contribution in [3.8, 4) is 12.1 Å². The molecular weight excluding hydrogens is 280 g/mol. The number of hydrogen-bond acceptors (Lipinski definition) is 6. The fourth-order valence-corrected chi connectivity index (χ4v) is 2.07. The second kappa shape index (κ2) is 11.1. The van der Waals surface area contributed by atoms with Gasteiger partial charge in [-0.15, -0.1) is 0 Å². The fourth-order valence-electron chi connectivity index (χ4n) is 2.07. The van der Waals surface area contributed by atoms with Crippen LogP contribution in [0.1, 0.15) is 65.2 Å². The van der Waals surface area contributed by atoms with E-state index < -0.39 is 24.3 Å². The molecule has 6 heteroatoms. The van der Waals surface area contributed by atoms with Crippen molar-refractivity contribution < 1.29 is 10.2 Å². The first-order valence-corrected chi connectivity index (χ1v) is 8.06. The van der Waals surface area contributed by atoms with Gasteiger partial charge < -0.3 is 10.2 Å². The Morgan fingerprint density at radius 1 is 0.773 bits per heavy atom. The Morgan fingerprint density at radius 3 is 1.36 bits per heavy atom. The Hall–Kier alpha value is -1.50. The second-order valence-electron chi connectivity index (χ2n) is 5.72. The molecule has 2 N–H and O–H groups in total. The van der Waals surface area contributed by atoms with Gasteiger partial charge in [-0.3, -0.25) is 0 Å². The standard InChI is InChI=1S/C16H28N4O2/c1-3-5-7-9-15(11-17,13-21)19-20-16(12-18,14-22)10-8-6-4-2/h21-22H,3-10,13-14H2,1-2H3/b20-19+. The molecule has 124 valence electrons. The average Bonchev–Trinajstić information content (AvgIpc) is 2.57. The van der Waals surface area contributed by atoms with Crippen LogP contribution in [0, 0.1) is 22.7 Å². The van der Waals surface area contributed by atoms with E-state index in [0.29, 0.717) is 12.8 Å². The van der Waals surface area contributed by atoms with Gasteiger partial charge in [0.2, 0.25) is 0 Å². The van der Waals surface area contributed by atoms with Crippen LogP contribution >= 0.6 is 0 Å². The molecule has 0 aliphatic carbocycles. The van der Waals surface area contributed by atoms with Gasteiger partial charge in [-0.2, -0.15) is 20.8 Å². The van der Waals surface area contributed by atoms with Crippen molar-refractivity contribution in [2.45, 2.75) is 76.3 Å². The van der Waals surface area contributed by atoms with E-state index in [2.05, 4.69) is 24.1 Å². The number of rotatable bonds is 12. The third-order valence-electron chi connectivity index (χ3n) is 3.76. The van der Waals surface area contributed by atoms with Crippen molar-refractivity contribution in [2.24, 2.45) is 10.2 Å². The van der Waals surface area contributed by atoms with Crippen LogP contribution in [0.2, 0.25) is 0 Å². The maximum Gasteiger partial charge on any atom is 0.190 e. The van der Waals surface area contributed by atoms with E-state index in [0.717, 1.165) is 38.5 Å². The summed E-state index contributed by atoms with van der Waals surface area (Å²) in [6.45, 7) is 3.24. The van der Waals surface area contributed by atoms with E-state index in [9.17, 15) is 20.7 Å². The lowest BCUT2D eigenvalue weighted by Crippen LogP contribution is -2.33. The van der Waals surface area contributed by atoms with Gasteiger partial charge in [0, 0.05) is 0 Å². The molecule has 0 aromatic rings. The first-order valence-electron chi connectivity index (χ1n) is 8.06. The van der Waals surface area contributed by atoms with Crippen molar-refractivity contribution in [1.82, 2.24) is 0 Å². The van der Waals surface area contributed by atoms with Crippen LogP contribution in [0.5, 0.6) is 0 Å². The molecule has 0 saturated carbocycles. The summed E-state index contributed by atoms with van der Waals surface area (Å²) in [5.41, 5.74) is -2.62. The summed E-state index contributed by atoms with van der Waals surface area (Å²) in [5, 5.41) is 45.6. The predicted octanol–water partition coefficient (Wildman–Crippen LogP) is 3.11. The molecule has 22 heavy (non-hydrogen) atoms. The minimum Gasteiger partial charge on any atom is -0.393 e. The zero-order valence-electron chi connectivity index (χ0n) is 13.8. The van der Waals surface area contributed by atoms with Crippen LogP contribution < -0.4 is 0 Å². The summed E-state index contributed by atoms with van der Waals surface area (Å²) in [6, 6.07) is 4.02. The molecule has 0 aliphatic rings. The highest BCUT2D eigenvalue weighted by atomic mass is 16.3. The monoisotopic (exact) mass is 308 g/mol. The number of unbranched alkanes of at least 4 members (excludes halogenated alkanes) is 4. The summed E-state index contributed by atoms with van der Waals surface area (Å²) < 4.78 is 0. The summed E-state index contributed by atoms with van der Waals surface area (Å²) in [4.78, 5) is 0. The van der Waals surface area contributed by atoms with E-state index in [1.807, 2.05) is 12.1 Å². The van der Waals surface area contributed by atoms with Gasteiger partial charge in [-0.05, 0) is 25.7 Å². The van der Waals surface area contributed by atoms with Gasteiger partial charge >= 0.3 is 0 Å². The molecule has 0 bridgehead atoms. The van der Waals surface area contributed by atoms with Gasteiger partial charge in [0.25, 0.3) is 0 Å². The van der Waals surface area contributed by atoms with Crippen molar-refractivity contribution in [1.29, 1.82) is 10.5 Å². The molecule has 0 aliphatic heterocycles. The molecule has 2 unspecified atom stereocenters. The SMILES string of the molecule is CCCCCC(C#N)(CO)/N=N/C(C#N)(CO)CCCCC. The van der Waals surface area contributed by atoms with Gasteiger partial charge in [-0.1, -0.05) is 39.5 Å². The lowest BCUT2D eigenvalue weighted by Gasteiger charge is -2.22. The van der Waals surface area contributed by atoms with E-state index in [1.165, 1.54) is 0 Å². The largest absolute Gasteiger partial charge is 0.393 e. The Kier molecular flexibility index (Phi) is 10.4. The molecule has 0 spiro atoms. The summed E-state index contributed by atoms with van der Waals surface area (Å²) in [6.07, 6.45) is 6.21. The molecule has 0 saturated heterocycles. The Balaban J connectivity index is 5.07. The van der Waals surface area contributed by atoms with Crippen LogP contribution in [-0.2, 0) is 0 Å². The number of hydrogen-bond donors (Lipinski definition) is 2. The molecule has 2 atom stereocenters. The predicted molar refractivity (Wildman–Crippen MR) is 84.0 cm³/mol. The fraction of sp³-hybridized carbons (Fsp3) is 0.875. The van der Waals surface area contributed by atoms with Crippen molar-refractivity contribution in [2.75, 3.05) is 13.2 Å². The quantitative estimate of drug-likeness (QED) is 0.426. The molecule has 6 nitrogen and oxygen atoms in total. The number of aliphatic hydroxyl groups is 2. The number of azo groups is 1. The molecular formula is C16H28N4O2. The van der Waals surface area contributed by atoms with Crippen LogP contribution in [0.25, 0.3) is 0 Å². The second-order valence-corrected chi connectivity index (χ2v) is 5.72. The van der Waals surface area contributed by atoms with Gasteiger partial charge in [0.15, 0.2) is 11.1 Å². The van der Waals surface area contributed by atoms with Crippen LogP contribution in [0.3, 0.4) is 0 Å². The molecule has 0 rings (SSSR count). The molecule has 0 fully saturated rings. The third kappa shape index (κ3) is 6.51. The molecule has 0 radical (unpaired) electrons. The minimum atomic E-state index is -1.31. The lowest BCUT2D eigenvalue weighted by molar-refractivity contribution is 0.193. The molecule has 0 aromatic heterocycles. The van der Waals surface area contributed by atoms with E-state index in [1.54, 1.807) is 0 Å². The molecule has 0 heterocycles. The normalized spacial score (nSPS) is 16.6. The van der Waals surface area contributed by atoms with Crippen LogP contribution in [-0.4, -0.2) is 34.5 Å². The zero-order valence-corrected chi connectivity index (χ0v) is 13.8. The number of nitriles is 2. The number of aliphatic hydroxyl groups excluding tert-OH is 2. The zero-order chi connectivity index (χ0) is 16.9. The Morgan fingerprint density at radius 2 is 1.14 bits per heavy atom. The van der Waals surface area contributed by atoms with Crippen molar-refractivity contribution in [3.63, 3.8) is 0 Å². The smallest absolute Gasteiger partial charge is 0.190 e. The van der Waals surface area contributed by atoms with Gasteiger partial charge in [-0.25, -0.2) is 0 Å². The summed E-state index contributed by atoms with van der Waals surface area (Å²) in [5.74, 6) is 0. The molecule has 0 aromatic carbocycles. The maximum atomic E-state index is 9.51. The minimum absolute atomic E-state index is 0.402. The third-order valence-corrected chi connectivity index (χ3v) is 3.76. The van der Waals surface area contributed by atoms with E-state index in [4.69, 9.17) is 0 Å². The number of nitrogens with zero attached hydrogens (tertiary/aromatic N) is 4. The molecule has 0 amide bonds. The first-order chi connectivity index (χ1) is 10.6. The van der Waals surface area contributed by atoms with Crippen LogP contribution in [0.4, 0.5) is 0 Å². The van der Waals surface area contributed by atoms with Gasteiger partial charge in [0.05, 0.1) is 25.4 Å².